The van der Waals surface area contributed by atoms with Crippen molar-refractivity contribution in [1.82, 2.24) is 14.7 Å². The first kappa shape index (κ1) is 11.4. The maximum Gasteiger partial charge on any atom is 0.259 e. The van der Waals surface area contributed by atoms with Gasteiger partial charge >= 0.3 is 0 Å². The molecule has 0 saturated carbocycles. The van der Waals surface area contributed by atoms with Gasteiger partial charge in [-0.3, -0.25) is 9.80 Å². The number of likely N-dealkylation sites (N-methyl/N-ethyl adjacent to an activating group) is 2. The second-order valence-corrected chi connectivity index (χ2v) is 5.00. The zero-order valence-electron chi connectivity index (χ0n) is 8.13. The van der Waals surface area contributed by atoms with E-state index in [-0.39, 0.29) is 0 Å². The summed E-state index contributed by atoms with van der Waals surface area (Å²) in [6, 6.07) is -1.13. The summed E-state index contributed by atoms with van der Waals surface area (Å²) in [5.41, 5.74) is 0. The highest BCUT2D eigenvalue weighted by molar-refractivity contribution is 7.88. The van der Waals surface area contributed by atoms with Crippen LogP contribution in [0.3, 0.4) is 0 Å². The summed E-state index contributed by atoms with van der Waals surface area (Å²) < 4.78 is 23.8. The van der Waals surface area contributed by atoms with Gasteiger partial charge in [0.25, 0.3) is 5.91 Å². The number of hydrazine groups is 1. The van der Waals surface area contributed by atoms with Gasteiger partial charge in [0.05, 0.1) is 6.26 Å². The van der Waals surface area contributed by atoms with E-state index < -0.39 is 28.2 Å². The van der Waals surface area contributed by atoms with Gasteiger partial charge in [0.1, 0.15) is 12.3 Å². The lowest BCUT2D eigenvalue weighted by Crippen LogP contribution is -2.46. The maximum atomic E-state index is 11.4. The van der Waals surface area contributed by atoms with E-state index in [1.54, 1.807) is 0 Å². The lowest BCUT2D eigenvalue weighted by molar-refractivity contribution is -0.136. The molecule has 1 fully saturated rings. The summed E-state index contributed by atoms with van der Waals surface area (Å²) in [6.45, 7) is 0. The van der Waals surface area contributed by atoms with Crippen LogP contribution in [-0.2, 0) is 14.8 Å². The predicted octanol–water partition coefficient (Wildman–Crippen LogP) is -2.46. The molecule has 0 bridgehead atoms. The first-order chi connectivity index (χ1) is 6.24. The Hall–Kier alpha value is -0.700. The van der Waals surface area contributed by atoms with Gasteiger partial charge in [0, 0.05) is 14.1 Å². The van der Waals surface area contributed by atoms with Gasteiger partial charge < -0.3 is 5.11 Å². The molecule has 1 saturated heterocycles. The van der Waals surface area contributed by atoms with E-state index in [1.165, 1.54) is 19.1 Å². The quantitative estimate of drug-likeness (QED) is 0.542. The predicted molar refractivity (Wildman–Crippen MR) is 48.3 cm³/mol. The fraction of sp³-hybridized carbons (Fsp3) is 0.833. The molecule has 1 heterocycles. The third kappa shape index (κ3) is 2.03. The zero-order valence-corrected chi connectivity index (χ0v) is 8.95. The van der Waals surface area contributed by atoms with Crippen LogP contribution in [0.4, 0.5) is 0 Å². The number of carbonyl (C=O) groups is 1. The molecule has 0 aromatic heterocycles. The second-order valence-electron chi connectivity index (χ2n) is 3.22. The van der Waals surface area contributed by atoms with Crippen LogP contribution in [-0.4, -0.2) is 62.1 Å². The van der Waals surface area contributed by atoms with Gasteiger partial charge in [-0.1, -0.05) is 0 Å². The number of amides is 1. The first-order valence-corrected chi connectivity index (χ1v) is 5.79. The average Bonchev–Trinajstić information content (AvgIpc) is 2.20. The lowest BCUT2D eigenvalue weighted by Gasteiger charge is -2.20. The average molecular weight is 223 g/mol. The Morgan fingerprint density at radius 1 is 1.43 bits per heavy atom. The fourth-order valence-electron chi connectivity index (χ4n) is 1.22. The number of aliphatic hydroxyl groups is 1. The van der Waals surface area contributed by atoms with Crippen molar-refractivity contribution in [3.63, 3.8) is 0 Å². The highest BCUT2D eigenvalue weighted by Gasteiger charge is 2.43. The Bertz CT molecular complexity index is 341. The first-order valence-electron chi connectivity index (χ1n) is 3.89. The molecule has 1 aliphatic heterocycles. The number of carbonyl (C=O) groups excluding carboxylic acids is 1. The van der Waals surface area contributed by atoms with Gasteiger partial charge in [0.15, 0.2) is 0 Å². The summed E-state index contributed by atoms with van der Waals surface area (Å²) in [4.78, 5) is 11.4. The molecular formula is C6H13N3O4S. The van der Waals surface area contributed by atoms with Crippen LogP contribution in [0.25, 0.3) is 0 Å². The second kappa shape index (κ2) is 3.46. The van der Waals surface area contributed by atoms with Crippen molar-refractivity contribution in [2.24, 2.45) is 0 Å². The molecule has 8 heteroatoms. The summed E-state index contributed by atoms with van der Waals surface area (Å²) in [6.07, 6.45) is -0.229. The SMILES string of the molecule is CN1C(=O)C(NS(C)(=O)=O)C(O)N1C. The van der Waals surface area contributed by atoms with E-state index in [9.17, 15) is 18.3 Å². The summed E-state index contributed by atoms with van der Waals surface area (Å²) in [7, 11) is -0.558. The van der Waals surface area contributed by atoms with Gasteiger partial charge in [-0.15, -0.1) is 0 Å². The Kier molecular flexibility index (Phi) is 2.81. The Balaban J connectivity index is 2.86. The molecule has 0 aromatic rings. The van der Waals surface area contributed by atoms with Crippen LogP contribution in [0, 0.1) is 0 Å². The van der Waals surface area contributed by atoms with E-state index in [2.05, 4.69) is 4.72 Å². The van der Waals surface area contributed by atoms with Gasteiger partial charge in [0.2, 0.25) is 10.0 Å². The van der Waals surface area contributed by atoms with E-state index in [0.29, 0.717) is 0 Å². The number of nitrogens with one attached hydrogen (secondary N) is 1. The maximum absolute atomic E-state index is 11.4. The van der Waals surface area contributed by atoms with Gasteiger partial charge in [-0.2, -0.15) is 9.73 Å². The third-order valence-electron chi connectivity index (χ3n) is 2.08. The molecule has 14 heavy (non-hydrogen) atoms. The summed E-state index contributed by atoms with van der Waals surface area (Å²) >= 11 is 0. The number of rotatable bonds is 2. The van der Waals surface area contributed by atoms with Crippen LogP contribution >= 0.6 is 0 Å². The van der Waals surface area contributed by atoms with Gasteiger partial charge in [-0.05, 0) is 0 Å². The lowest BCUT2D eigenvalue weighted by atomic mass is 10.3. The van der Waals surface area contributed by atoms with Crippen molar-refractivity contribution < 1.29 is 18.3 Å². The Labute approximate surface area is 82.3 Å². The van der Waals surface area contributed by atoms with E-state index in [1.807, 2.05) is 0 Å². The molecule has 2 unspecified atom stereocenters. The standard InChI is InChI=1S/C6H13N3O4S/c1-8-5(10)4(6(11)9(8)2)7-14(3,12)13/h4-5,7,10H,1-3H3. The van der Waals surface area contributed by atoms with E-state index in [0.717, 1.165) is 11.3 Å². The van der Waals surface area contributed by atoms with Crippen molar-refractivity contribution in [2.45, 2.75) is 12.3 Å². The van der Waals surface area contributed by atoms with Crippen molar-refractivity contribution in [3.05, 3.63) is 0 Å². The Morgan fingerprint density at radius 2 is 1.93 bits per heavy atom. The molecular weight excluding hydrogens is 210 g/mol. The normalized spacial score (nSPS) is 30.0. The van der Waals surface area contributed by atoms with Crippen molar-refractivity contribution in [2.75, 3.05) is 20.4 Å². The minimum atomic E-state index is -3.50. The van der Waals surface area contributed by atoms with Crippen molar-refractivity contribution in [3.8, 4) is 0 Å². The molecule has 1 amide bonds. The monoisotopic (exact) mass is 223 g/mol. The number of nitrogens with zero attached hydrogens (tertiary/aromatic N) is 2. The van der Waals surface area contributed by atoms with Crippen LogP contribution in [0.15, 0.2) is 0 Å². The largest absolute Gasteiger partial charge is 0.374 e. The number of sulfonamides is 1. The molecule has 1 rings (SSSR count). The minimum Gasteiger partial charge on any atom is -0.374 e. The Morgan fingerprint density at radius 3 is 2.21 bits per heavy atom. The molecule has 1 aliphatic rings. The highest BCUT2D eigenvalue weighted by Crippen LogP contribution is 2.14. The summed E-state index contributed by atoms with van der Waals surface area (Å²) in [5, 5.41) is 11.9. The molecule has 2 atom stereocenters. The molecule has 82 valence electrons. The number of aliphatic hydroxyl groups excluding tert-OH is 1. The molecule has 2 N–H and O–H groups in total. The van der Waals surface area contributed by atoms with Crippen molar-refractivity contribution in [1.29, 1.82) is 0 Å². The smallest absolute Gasteiger partial charge is 0.259 e. The van der Waals surface area contributed by atoms with Crippen LogP contribution in [0.2, 0.25) is 0 Å². The highest BCUT2D eigenvalue weighted by atomic mass is 32.2. The fourth-order valence-corrected chi connectivity index (χ4v) is 1.90. The van der Waals surface area contributed by atoms with E-state index in [4.69, 9.17) is 0 Å². The summed E-state index contributed by atoms with van der Waals surface area (Å²) in [5.74, 6) is -0.481. The van der Waals surface area contributed by atoms with Crippen LogP contribution in [0.1, 0.15) is 0 Å². The van der Waals surface area contributed by atoms with Gasteiger partial charge in [-0.25, -0.2) is 8.42 Å². The van der Waals surface area contributed by atoms with Crippen molar-refractivity contribution >= 4 is 15.9 Å². The van der Waals surface area contributed by atoms with E-state index >= 15 is 0 Å². The third-order valence-corrected chi connectivity index (χ3v) is 2.76. The molecule has 0 aliphatic carbocycles. The number of hydrogen-bond donors (Lipinski definition) is 2. The molecule has 0 spiro atoms. The minimum absolute atomic E-state index is 0.481. The molecule has 7 nitrogen and oxygen atoms in total. The zero-order chi connectivity index (χ0) is 11.1. The van der Waals surface area contributed by atoms with Crippen LogP contribution < -0.4 is 4.72 Å². The van der Waals surface area contributed by atoms with Crippen LogP contribution in [0.5, 0.6) is 0 Å². The molecule has 0 aromatic carbocycles. The topological polar surface area (TPSA) is 90.0 Å². The number of hydrogen-bond acceptors (Lipinski definition) is 5. The molecule has 0 radical (unpaired) electrons.